The van der Waals surface area contributed by atoms with Gasteiger partial charge in [0.25, 0.3) is 0 Å². The quantitative estimate of drug-likeness (QED) is 0.407. The van der Waals surface area contributed by atoms with Gasteiger partial charge in [0.2, 0.25) is 5.91 Å². The fraction of sp³-hybridized carbons (Fsp3) is 0.735. The lowest BCUT2D eigenvalue weighted by atomic mass is 9.33. The third kappa shape index (κ3) is 3.31. The Morgan fingerprint density at radius 2 is 1.70 bits per heavy atom. The molecular weight excluding hydrogens is 498 g/mol. The van der Waals surface area contributed by atoms with Crippen molar-refractivity contribution >= 4 is 23.7 Å². The number of nitrogens with zero attached hydrogens (tertiary/aromatic N) is 2. The third-order valence-electron chi connectivity index (χ3n) is 13.5. The highest BCUT2D eigenvalue weighted by molar-refractivity contribution is 6.00. The molecule has 0 bridgehead atoms. The van der Waals surface area contributed by atoms with E-state index in [9.17, 15) is 14.4 Å². The predicted octanol–water partition coefficient (Wildman–Crippen LogP) is 6.95. The summed E-state index contributed by atoms with van der Waals surface area (Å²) in [7, 11) is 0. The van der Waals surface area contributed by atoms with Crippen LogP contribution in [-0.4, -0.2) is 33.2 Å². The second-order valence-electron chi connectivity index (χ2n) is 16.2. The summed E-state index contributed by atoms with van der Waals surface area (Å²) < 4.78 is 1.66. The van der Waals surface area contributed by atoms with Crippen LogP contribution in [0.3, 0.4) is 0 Å². The predicted molar refractivity (Wildman–Crippen MR) is 155 cm³/mol. The van der Waals surface area contributed by atoms with Crippen molar-refractivity contribution in [2.24, 2.45) is 56.2 Å². The second kappa shape index (κ2) is 8.35. The van der Waals surface area contributed by atoms with Crippen molar-refractivity contribution in [3.63, 3.8) is 0 Å². The van der Waals surface area contributed by atoms with Crippen LogP contribution < -0.4 is 0 Å². The fourth-order valence-corrected chi connectivity index (χ4v) is 11.2. The maximum Gasteiger partial charge on any atom is 0.238 e. The van der Waals surface area contributed by atoms with E-state index < -0.39 is 16.7 Å². The highest BCUT2D eigenvalue weighted by atomic mass is 16.2. The first-order valence-corrected chi connectivity index (χ1v) is 15.4. The first-order chi connectivity index (χ1) is 18.6. The highest BCUT2D eigenvalue weighted by Gasteiger charge is 2.71. The summed E-state index contributed by atoms with van der Waals surface area (Å²) in [6.45, 7) is 15.7. The van der Waals surface area contributed by atoms with E-state index in [4.69, 9.17) is 5.41 Å². The van der Waals surface area contributed by atoms with Gasteiger partial charge in [-0.1, -0.05) is 54.0 Å². The molecule has 1 N–H and O–H groups in total. The lowest BCUT2D eigenvalue weighted by Crippen LogP contribution is -2.66. The summed E-state index contributed by atoms with van der Waals surface area (Å²) >= 11 is 0. The molecule has 5 aliphatic carbocycles. The van der Waals surface area contributed by atoms with Crippen LogP contribution in [0.5, 0.6) is 0 Å². The molecule has 0 aromatic carbocycles. The molecule has 0 saturated heterocycles. The van der Waals surface area contributed by atoms with E-state index in [2.05, 4.69) is 53.5 Å². The van der Waals surface area contributed by atoms with Crippen molar-refractivity contribution in [2.45, 2.75) is 99.8 Å². The molecule has 0 amide bonds. The molecule has 6 heteroatoms. The summed E-state index contributed by atoms with van der Waals surface area (Å²) in [5, 5.41) is 8.09. The first kappa shape index (κ1) is 27.8. The van der Waals surface area contributed by atoms with Crippen LogP contribution in [0.4, 0.5) is 0 Å². The van der Waals surface area contributed by atoms with Gasteiger partial charge in [-0.15, -0.1) is 0 Å². The third-order valence-corrected chi connectivity index (χ3v) is 13.5. The molecule has 1 heterocycles. The van der Waals surface area contributed by atoms with Crippen molar-refractivity contribution in [1.82, 2.24) is 9.55 Å². The van der Waals surface area contributed by atoms with E-state index in [1.807, 2.05) is 6.08 Å². The van der Waals surface area contributed by atoms with Crippen LogP contribution in [0, 0.1) is 61.6 Å². The minimum Gasteiger partial charge on any atom is -0.312 e. The highest BCUT2D eigenvalue weighted by Crippen LogP contribution is 2.75. The Labute approximate surface area is 239 Å². The van der Waals surface area contributed by atoms with Crippen molar-refractivity contribution < 1.29 is 14.4 Å². The van der Waals surface area contributed by atoms with Crippen LogP contribution in [0.1, 0.15) is 105 Å². The second-order valence-corrected chi connectivity index (χ2v) is 16.2. The molecule has 0 radical (unpaired) electrons. The van der Waals surface area contributed by atoms with Gasteiger partial charge in [-0.05, 0) is 90.9 Å². The molecule has 5 aliphatic rings. The number of ketones is 2. The van der Waals surface area contributed by atoms with E-state index in [-0.39, 0.29) is 56.9 Å². The van der Waals surface area contributed by atoms with Gasteiger partial charge in [-0.2, -0.15) is 0 Å². The summed E-state index contributed by atoms with van der Waals surface area (Å²) in [4.78, 5) is 46.4. The van der Waals surface area contributed by atoms with Crippen LogP contribution in [0.15, 0.2) is 30.4 Å². The van der Waals surface area contributed by atoms with E-state index >= 15 is 0 Å². The Bertz CT molecular complexity index is 1320. The number of Topliss-reactive ketones (excluding diaryl/α,β-unsaturated/α-hetero) is 1. The van der Waals surface area contributed by atoms with Crippen molar-refractivity contribution in [3.05, 3.63) is 30.4 Å². The summed E-state index contributed by atoms with van der Waals surface area (Å²) in [5.41, 5.74) is -0.592. The number of imidazole rings is 1. The average molecular weight is 546 g/mol. The fourth-order valence-electron chi connectivity index (χ4n) is 11.2. The number of hydrogen-bond donors (Lipinski definition) is 1. The van der Waals surface area contributed by atoms with Crippen molar-refractivity contribution in [2.75, 3.05) is 0 Å². The molecule has 0 aliphatic heterocycles. The number of nitrogens with one attached hydrogen (secondary N) is 1. The molecule has 40 heavy (non-hydrogen) atoms. The van der Waals surface area contributed by atoms with Gasteiger partial charge in [0.15, 0.2) is 5.78 Å². The van der Waals surface area contributed by atoms with Crippen LogP contribution >= 0.6 is 0 Å². The summed E-state index contributed by atoms with van der Waals surface area (Å²) in [6.07, 6.45) is 15.2. The van der Waals surface area contributed by atoms with Gasteiger partial charge < -0.3 is 5.41 Å². The maximum atomic E-state index is 14.6. The van der Waals surface area contributed by atoms with Gasteiger partial charge in [0, 0.05) is 29.9 Å². The van der Waals surface area contributed by atoms with Crippen LogP contribution in [0.25, 0.3) is 0 Å². The van der Waals surface area contributed by atoms with Gasteiger partial charge in [-0.3, -0.25) is 19.0 Å². The smallest absolute Gasteiger partial charge is 0.238 e. The normalized spacial score (nSPS) is 45.3. The molecule has 1 unspecified atom stereocenters. The summed E-state index contributed by atoms with van der Waals surface area (Å²) in [5.74, 6) is -0.0258. The van der Waals surface area contributed by atoms with Crippen LogP contribution in [-0.2, 0) is 9.59 Å². The topological polar surface area (TPSA) is 92.9 Å². The maximum absolute atomic E-state index is 14.6. The largest absolute Gasteiger partial charge is 0.312 e. The molecule has 8 atom stereocenters. The van der Waals surface area contributed by atoms with Gasteiger partial charge in [0.1, 0.15) is 12.1 Å². The van der Waals surface area contributed by atoms with E-state index in [1.165, 1.54) is 11.8 Å². The Kier molecular flexibility index (Phi) is 5.80. The molecular formula is C34H47N3O3. The molecule has 0 spiro atoms. The number of hydrogen-bond acceptors (Lipinski definition) is 5. The molecule has 6 nitrogen and oxygen atoms in total. The zero-order valence-electron chi connectivity index (χ0n) is 25.5. The zero-order chi connectivity index (χ0) is 29.1. The number of rotatable bonds is 2. The lowest BCUT2D eigenvalue weighted by Gasteiger charge is -2.69. The molecule has 1 aromatic heterocycles. The van der Waals surface area contributed by atoms with E-state index in [1.54, 1.807) is 23.3 Å². The van der Waals surface area contributed by atoms with Crippen molar-refractivity contribution in [1.29, 1.82) is 5.41 Å². The number of aromatic nitrogens is 2. The molecule has 216 valence electrons. The Morgan fingerprint density at radius 1 is 1.00 bits per heavy atom. The minimum absolute atomic E-state index is 0.0174. The molecule has 1 aromatic rings. The number of allylic oxidation sites excluding steroid dienone is 2. The minimum atomic E-state index is -0.552. The SMILES string of the molecule is CC1(C)CC[C@]2(C(=O)n3ccnc3)CC[C@]3(C)[C@H](C(=O)C=C4[C@@]5(C)CC(C=N)C(=O)C(C)(C)[C@@H]5CC[C@]43C)[C@@H]2C1. The van der Waals surface area contributed by atoms with E-state index in [0.29, 0.717) is 6.42 Å². The molecule has 4 saturated carbocycles. The van der Waals surface area contributed by atoms with Gasteiger partial charge >= 0.3 is 0 Å². The first-order valence-electron chi connectivity index (χ1n) is 15.4. The zero-order valence-corrected chi connectivity index (χ0v) is 25.5. The average Bonchev–Trinajstić information content (AvgIpc) is 3.42. The van der Waals surface area contributed by atoms with E-state index in [0.717, 1.165) is 44.9 Å². The number of carbonyl (C=O) groups excluding carboxylic acids is 3. The van der Waals surface area contributed by atoms with Gasteiger partial charge in [0.05, 0.1) is 11.3 Å². The van der Waals surface area contributed by atoms with Gasteiger partial charge in [-0.25, -0.2) is 4.98 Å². The van der Waals surface area contributed by atoms with Crippen molar-refractivity contribution in [3.8, 4) is 0 Å². The summed E-state index contributed by atoms with van der Waals surface area (Å²) in [6, 6.07) is 0. The molecule has 4 fully saturated rings. The van der Waals surface area contributed by atoms with Crippen LogP contribution in [0.2, 0.25) is 0 Å². The number of carbonyl (C=O) groups is 3. The lowest BCUT2D eigenvalue weighted by molar-refractivity contribution is -0.170. The Balaban J connectivity index is 1.50. The Hall–Kier alpha value is -2.37. The molecule has 6 rings (SSSR count). The monoisotopic (exact) mass is 545 g/mol. The number of fused-ring (bicyclic) bond motifs is 7. The standard InChI is InChI=1S/C34H47N3O3/c1-29(2)10-12-34(28(40)37-15-14-36-20-37)13-11-33(7)26(22(34)18-29)23(38)16-25-31(5)17-21(19-35)27(39)30(3,4)24(31)8-9-32(25,33)6/h14-16,19-22,24,26,35H,8-13,17-18H2,1-7H3/t21?,22-,24-,26-,31-,32+,33+,34-/m0/s1. The Morgan fingerprint density at radius 3 is 2.35 bits per heavy atom.